The summed E-state index contributed by atoms with van der Waals surface area (Å²) in [6.07, 6.45) is 4.38. The van der Waals surface area contributed by atoms with Crippen LogP contribution in [-0.4, -0.2) is 60.6 Å². The molecule has 3 rings (SSSR count). The molecule has 0 fully saturated rings. The summed E-state index contributed by atoms with van der Waals surface area (Å²) in [4.78, 5) is 2.36. The Morgan fingerprint density at radius 3 is 2.17 bits per heavy atom. The predicted molar refractivity (Wildman–Crippen MR) is 148 cm³/mol. The van der Waals surface area contributed by atoms with Crippen molar-refractivity contribution < 1.29 is 13.5 Å². The van der Waals surface area contributed by atoms with E-state index >= 15 is 0 Å². The van der Waals surface area contributed by atoms with E-state index in [1.54, 1.807) is 6.07 Å². The van der Waals surface area contributed by atoms with Gasteiger partial charge in [0.2, 0.25) is 0 Å². The first kappa shape index (κ1) is 27.7. The van der Waals surface area contributed by atoms with Crippen LogP contribution in [0, 0.1) is 5.41 Å². The minimum absolute atomic E-state index is 0.000994. The molecule has 1 aliphatic rings. The number of rotatable bonds is 9. The largest absolute Gasteiger partial charge is 0.392 e. The zero-order valence-electron chi connectivity index (χ0n) is 22.7. The summed E-state index contributed by atoms with van der Waals surface area (Å²) in [5.74, 6) is -0.413. The van der Waals surface area contributed by atoms with E-state index in [1.165, 1.54) is 0 Å². The molecule has 1 aliphatic heterocycles. The minimum Gasteiger partial charge on any atom is -0.392 e. The van der Waals surface area contributed by atoms with Gasteiger partial charge in [-0.2, -0.15) is 0 Å². The summed E-state index contributed by atoms with van der Waals surface area (Å²) in [7, 11) is 6.71. The van der Waals surface area contributed by atoms with Gasteiger partial charge in [0.1, 0.15) is 5.69 Å². The van der Waals surface area contributed by atoms with Gasteiger partial charge in [-0.3, -0.25) is 4.48 Å². The fourth-order valence-corrected chi connectivity index (χ4v) is 7.72. The molecule has 0 unspecified atom stereocenters. The Bertz CT molecular complexity index is 1110. The average Bonchev–Trinajstić information content (AvgIpc) is 2.86. The molecule has 0 aromatic heterocycles. The lowest BCUT2D eigenvalue weighted by Crippen LogP contribution is -2.43. The Morgan fingerprint density at radius 1 is 1.00 bits per heavy atom. The maximum Gasteiger partial charge on any atom is 0.179 e. The van der Waals surface area contributed by atoms with Gasteiger partial charge in [-0.15, -0.1) is 0 Å². The van der Waals surface area contributed by atoms with Crippen molar-refractivity contribution in [2.75, 3.05) is 45.9 Å². The maximum absolute atomic E-state index is 13.9. The van der Waals surface area contributed by atoms with Crippen molar-refractivity contribution in [2.24, 2.45) is 5.41 Å². The van der Waals surface area contributed by atoms with Gasteiger partial charge in [0.05, 0.1) is 37.9 Å². The van der Waals surface area contributed by atoms with E-state index in [0.717, 1.165) is 48.2 Å². The zero-order valence-corrected chi connectivity index (χ0v) is 23.5. The molecule has 1 N–H and O–H groups in total. The minimum atomic E-state index is -3.58. The van der Waals surface area contributed by atoms with E-state index < -0.39 is 27.3 Å². The van der Waals surface area contributed by atoms with Crippen LogP contribution in [0.25, 0.3) is 0 Å². The van der Waals surface area contributed by atoms with Crippen molar-refractivity contribution in [1.29, 1.82) is 0 Å². The average molecular weight is 502 g/mol. The first-order valence-corrected chi connectivity index (χ1v) is 14.7. The van der Waals surface area contributed by atoms with Crippen molar-refractivity contribution in [3.05, 3.63) is 53.6 Å². The van der Waals surface area contributed by atoms with Crippen molar-refractivity contribution in [3.63, 3.8) is 0 Å². The van der Waals surface area contributed by atoms with Crippen LogP contribution < -0.4 is 9.38 Å². The molecule has 0 saturated carbocycles. The number of benzene rings is 2. The summed E-state index contributed by atoms with van der Waals surface area (Å²) in [6.45, 7) is 4.26. The van der Waals surface area contributed by atoms with Gasteiger partial charge >= 0.3 is 0 Å². The molecule has 5 nitrogen and oxygen atoms in total. The van der Waals surface area contributed by atoms with Gasteiger partial charge in [-0.05, 0) is 48.2 Å². The molecular weight excluding hydrogens is 456 g/mol. The lowest BCUT2D eigenvalue weighted by molar-refractivity contribution is 0.0127. The highest BCUT2D eigenvalue weighted by Gasteiger charge is 2.49. The molecule has 0 spiro atoms. The van der Waals surface area contributed by atoms with Crippen molar-refractivity contribution in [3.8, 4) is 0 Å². The van der Waals surface area contributed by atoms with Crippen LogP contribution in [-0.2, 0) is 9.84 Å². The second kappa shape index (κ2) is 10.6. The number of anilines is 1. The van der Waals surface area contributed by atoms with Crippen LogP contribution in [0.4, 0.5) is 11.4 Å². The highest BCUT2D eigenvalue weighted by Crippen LogP contribution is 2.50. The molecule has 2 atom stereocenters. The summed E-state index contributed by atoms with van der Waals surface area (Å²) >= 11 is 0. The van der Waals surface area contributed by atoms with Gasteiger partial charge < -0.3 is 10.0 Å². The van der Waals surface area contributed by atoms with Crippen molar-refractivity contribution >= 4 is 21.2 Å². The van der Waals surface area contributed by atoms with Gasteiger partial charge in [0.25, 0.3) is 0 Å². The third-order valence-corrected chi connectivity index (χ3v) is 9.66. The second-order valence-electron chi connectivity index (χ2n) is 11.5. The standard InChI is InChI=1S/C29H45N2O3S/c1-8-10-17-29(18-11-9-2)21-35(33,34)26-16-15-23(30(3)4)20-25(26)27(28(29)32)22-13-12-14-24(19-22)31(5,6)7/h12-16,19-20,27-28,32H,8-11,17-18,21H2,1-7H3/q+1/t27-,28-/m1/s1. The molecule has 1 heterocycles. The molecule has 0 amide bonds. The molecule has 194 valence electrons. The SMILES string of the molecule is CCCCC1(CCCC)CS(=O)(=O)c2ccc(N(C)C)cc2[C@@H](c2cccc([N+](C)(C)C)c2)[C@H]1O. The van der Waals surface area contributed by atoms with E-state index in [9.17, 15) is 13.5 Å². The van der Waals surface area contributed by atoms with Crippen LogP contribution in [0.15, 0.2) is 47.4 Å². The van der Waals surface area contributed by atoms with Gasteiger partial charge in [0.15, 0.2) is 9.84 Å². The molecule has 6 heteroatoms. The molecule has 2 aromatic carbocycles. The zero-order chi connectivity index (χ0) is 26.0. The van der Waals surface area contributed by atoms with Crippen LogP contribution in [0.2, 0.25) is 0 Å². The van der Waals surface area contributed by atoms with Gasteiger partial charge in [0, 0.05) is 37.2 Å². The molecule has 0 radical (unpaired) electrons. The van der Waals surface area contributed by atoms with E-state index in [-0.39, 0.29) is 5.75 Å². The first-order chi connectivity index (χ1) is 16.4. The summed E-state index contributed by atoms with van der Waals surface area (Å²) < 4.78 is 28.5. The third-order valence-electron chi connectivity index (χ3n) is 7.66. The summed E-state index contributed by atoms with van der Waals surface area (Å²) in [6, 6.07) is 14.0. The smallest absolute Gasteiger partial charge is 0.179 e. The Hall–Kier alpha value is -1.89. The lowest BCUT2D eigenvalue weighted by Gasteiger charge is -2.40. The Labute approximate surface area is 213 Å². The third kappa shape index (κ3) is 5.76. The fourth-order valence-electron chi connectivity index (χ4n) is 5.53. The number of aliphatic hydroxyl groups excluding tert-OH is 1. The molecule has 2 aromatic rings. The van der Waals surface area contributed by atoms with Crippen LogP contribution in [0.5, 0.6) is 0 Å². The number of aliphatic hydroxyl groups is 1. The highest BCUT2D eigenvalue weighted by atomic mass is 32.2. The van der Waals surface area contributed by atoms with Gasteiger partial charge in [-0.1, -0.05) is 51.7 Å². The fraction of sp³-hybridized carbons (Fsp3) is 0.586. The topological polar surface area (TPSA) is 57.6 Å². The van der Waals surface area contributed by atoms with E-state index in [4.69, 9.17) is 0 Å². The van der Waals surface area contributed by atoms with Crippen LogP contribution >= 0.6 is 0 Å². The molecule has 35 heavy (non-hydrogen) atoms. The number of hydrogen-bond acceptors (Lipinski definition) is 4. The van der Waals surface area contributed by atoms with Crippen molar-refractivity contribution in [1.82, 2.24) is 4.48 Å². The number of hydrogen-bond donors (Lipinski definition) is 1. The number of nitrogens with zero attached hydrogens (tertiary/aromatic N) is 2. The number of sulfone groups is 1. The van der Waals surface area contributed by atoms with E-state index in [2.05, 4.69) is 53.2 Å². The Morgan fingerprint density at radius 2 is 1.63 bits per heavy atom. The monoisotopic (exact) mass is 501 g/mol. The normalized spacial score (nSPS) is 21.3. The van der Waals surface area contributed by atoms with Crippen LogP contribution in [0.1, 0.15) is 69.4 Å². The highest BCUT2D eigenvalue weighted by molar-refractivity contribution is 7.91. The quantitative estimate of drug-likeness (QED) is 0.455. The summed E-state index contributed by atoms with van der Waals surface area (Å²) in [5, 5.41) is 12.3. The number of unbranched alkanes of at least 4 members (excludes halogenated alkanes) is 2. The summed E-state index contributed by atoms with van der Waals surface area (Å²) in [5.41, 5.74) is 3.08. The van der Waals surface area contributed by atoms with E-state index in [1.807, 2.05) is 37.2 Å². The second-order valence-corrected chi connectivity index (χ2v) is 13.4. The predicted octanol–water partition coefficient (Wildman–Crippen LogP) is 5.60. The molecule has 0 aliphatic carbocycles. The first-order valence-electron chi connectivity index (χ1n) is 13.0. The van der Waals surface area contributed by atoms with Crippen LogP contribution in [0.3, 0.4) is 0 Å². The Balaban J connectivity index is 2.34. The molecular formula is C29H45N2O3S+. The molecule has 0 saturated heterocycles. The van der Waals surface area contributed by atoms with Crippen molar-refractivity contribution in [2.45, 2.75) is 69.3 Å². The maximum atomic E-state index is 13.9. The van der Waals surface area contributed by atoms with Gasteiger partial charge in [-0.25, -0.2) is 8.42 Å². The lowest BCUT2D eigenvalue weighted by atomic mass is 9.68. The molecule has 0 bridgehead atoms. The number of fused-ring (bicyclic) bond motifs is 1. The Kier molecular flexibility index (Phi) is 8.40. The van der Waals surface area contributed by atoms with E-state index in [0.29, 0.717) is 22.2 Å². The number of quaternary nitrogens is 1.